The van der Waals surface area contributed by atoms with Crippen molar-refractivity contribution in [2.24, 2.45) is 11.8 Å². The van der Waals surface area contributed by atoms with E-state index in [2.05, 4.69) is 15.1 Å². The number of hydrogen-bond acceptors (Lipinski definition) is 5. The van der Waals surface area contributed by atoms with Gasteiger partial charge in [0.15, 0.2) is 0 Å². The van der Waals surface area contributed by atoms with Gasteiger partial charge in [0.05, 0.1) is 5.56 Å². The lowest BCUT2D eigenvalue weighted by Gasteiger charge is -2.21. The number of likely N-dealkylation sites (tertiary alicyclic amines) is 1. The summed E-state index contributed by atoms with van der Waals surface area (Å²) in [7, 11) is 0. The lowest BCUT2D eigenvalue weighted by molar-refractivity contribution is -0.138. The fraction of sp³-hybridized carbons (Fsp3) is 0.455. The van der Waals surface area contributed by atoms with E-state index in [4.69, 9.17) is 5.11 Å². The Morgan fingerprint density at radius 1 is 1.16 bits per heavy atom. The first-order valence-corrected chi connectivity index (χ1v) is 10.6. The molecule has 1 saturated carbocycles. The first-order chi connectivity index (χ1) is 15.3. The summed E-state index contributed by atoms with van der Waals surface area (Å²) in [5.41, 5.74) is 0.587. The van der Waals surface area contributed by atoms with Crippen LogP contribution < -0.4 is 0 Å². The average molecular weight is 445 g/mol. The number of carbonyl (C=O) groups excluding carboxylic acids is 1. The second-order valence-electron chi connectivity index (χ2n) is 8.60. The van der Waals surface area contributed by atoms with Crippen molar-refractivity contribution in [1.29, 1.82) is 0 Å². The fourth-order valence-electron chi connectivity index (χ4n) is 5.14. The van der Waals surface area contributed by atoms with Gasteiger partial charge in [-0.1, -0.05) is 18.2 Å². The molecule has 3 heterocycles. The second kappa shape index (κ2) is 7.84. The zero-order valence-electron chi connectivity index (χ0n) is 17.2. The highest BCUT2D eigenvalue weighted by Crippen LogP contribution is 2.48. The second-order valence-corrected chi connectivity index (χ2v) is 8.60. The number of hydrogen-bond donors (Lipinski definition) is 1. The molecule has 0 radical (unpaired) electrons. The van der Waals surface area contributed by atoms with Crippen molar-refractivity contribution in [1.82, 2.24) is 24.5 Å². The van der Waals surface area contributed by atoms with Crippen molar-refractivity contribution in [2.75, 3.05) is 19.7 Å². The van der Waals surface area contributed by atoms with Gasteiger partial charge in [0, 0.05) is 32.1 Å². The Morgan fingerprint density at radius 2 is 1.88 bits per heavy atom. The van der Waals surface area contributed by atoms with Crippen LogP contribution in [0.1, 0.15) is 46.1 Å². The summed E-state index contributed by atoms with van der Waals surface area (Å²) >= 11 is 0. The quantitative estimate of drug-likeness (QED) is 0.668. The molecular formula is C22H22F3N5O2. The van der Waals surface area contributed by atoms with E-state index >= 15 is 0 Å². The number of amides is 1. The molecule has 3 aromatic rings. The number of nitrogens with zero attached hydrogens (tertiary/aromatic N) is 5. The van der Waals surface area contributed by atoms with Gasteiger partial charge in [0.1, 0.15) is 0 Å². The molecule has 1 amide bonds. The number of aromatic nitrogens is 4. The smallest absolute Gasteiger partial charge is 0.396 e. The zero-order valence-corrected chi connectivity index (χ0v) is 17.2. The summed E-state index contributed by atoms with van der Waals surface area (Å²) in [4.78, 5) is 23.1. The third kappa shape index (κ3) is 3.72. The minimum Gasteiger partial charge on any atom is -0.396 e. The van der Waals surface area contributed by atoms with E-state index in [1.807, 2.05) is 0 Å². The monoisotopic (exact) mass is 445 g/mol. The van der Waals surface area contributed by atoms with Crippen LogP contribution in [0.5, 0.6) is 0 Å². The molecule has 1 unspecified atom stereocenters. The molecular weight excluding hydrogens is 423 g/mol. The molecule has 3 atom stereocenters. The minimum absolute atomic E-state index is 0.0152. The van der Waals surface area contributed by atoms with Crippen LogP contribution in [-0.4, -0.2) is 55.2 Å². The molecule has 2 aliphatic rings. The summed E-state index contributed by atoms with van der Waals surface area (Å²) in [5.74, 6) is 0.243. The molecule has 0 bridgehead atoms. The highest BCUT2D eigenvalue weighted by molar-refractivity contribution is 5.91. The Labute approximate surface area is 181 Å². The number of fused-ring (bicyclic) bond motifs is 2. The van der Waals surface area contributed by atoms with Crippen LogP contribution in [0.4, 0.5) is 13.2 Å². The number of aliphatic hydroxyl groups is 1. The number of alkyl halides is 3. The molecule has 1 aliphatic carbocycles. The summed E-state index contributed by atoms with van der Waals surface area (Å²) in [6.07, 6.45) is 0.603. The molecule has 32 heavy (non-hydrogen) atoms. The summed E-state index contributed by atoms with van der Waals surface area (Å²) < 4.78 is 41.7. The van der Waals surface area contributed by atoms with Crippen LogP contribution in [0.3, 0.4) is 0 Å². The Hall–Kier alpha value is -3.01. The van der Waals surface area contributed by atoms with Crippen molar-refractivity contribution in [3.8, 4) is 0 Å². The predicted octanol–water partition coefficient (Wildman–Crippen LogP) is 2.94. The Bertz CT molecular complexity index is 1150. The molecule has 1 saturated heterocycles. The lowest BCUT2D eigenvalue weighted by atomic mass is 9.91. The van der Waals surface area contributed by atoms with Crippen molar-refractivity contribution in [2.45, 2.75) is 31.4 Å². The molecule has 1 aliphatic heterocycles. The maximum atomic E-state index is 13.4. The van der Waals surface area contributed by atoms with Crippen LogP contribution in [0.2, 0.25) is 0 Å². The highest BCUT2D eigenvalue weighted by atomic mass is 19.4. The van der Waals surface area contributed by atoms with Crippen LogP contribution >= 0.6 is 0 Å². The molecule has 0 spiro atoms. The van der Waals surface area contributed by atoms with Gasteiger partial charge in [-0.25, -0.2) is 9.50 Å². The molecule has 1 aromatic carbocycles. The van der Waals surface area contributed by atoms with Gasteiger partial charge in [-0.15, -0.1) is 5.10 Å². The van der Waals surface area contributed by atoms with Gasteiger partial charge in [0.25, 0.3) is 11.7 Å². The van der Waals surface area contributed by atoms with Crippen LogP contribution in [0.15, 0.2) is 36.7 Å². The van der Waals surface area contributed by atoms with Gasteiger partial charge in [0.2, 0.25) is 5.82 Å². The predicted molar refractivity (Wildman–Crippen MR) is 108 cm³/mol. The van der Waals surface area contributed by atoms with Gasteiger partial charge in [-0.2, -0.15) is 18.2 Å². The molecule has 2 fully saturated rings. The van der Waals surface area contributed by atoms with E-state index in [9.17, 15) is 18.0 Å². The lowest BCUT2D eigenvalue weighted by Crippen LogP contribution is -2.30. The number of aliphatic hydroxyl groups excluding tert-OH is 1. The maximum Gasteiger partial charge on any atom is 0.416 e. The minimum atomic E-state index is -4.36. The van der Waals surface area contributed by atoms with E-state index in [-0.39, 0.29) is 36.1 Å². The molecule has 168 valence electrons. The highest BCUT2D eigenvalue weighted by Gasteiger charge is 2.45. The van der Waals surface area contributed by atoms with Crippen LogP contribution in [0.25, 0.3) is 5.78 Å². The maximum absolute atomic E-state index is 13.4. The van der Waals surface area contributed by atoms with E-state index in [1.165, 1.54) is 10.6 Å². The average Bonchev–Trinajstić information content (AvgIpc) is 3.45. The summed E-state index contributed by atoms with van der Waals surface area (Å²) in [5, 5.41) is 13.3. The fourth-order valence-corrected chi connectivity index (χ4v) is 5.14. The van der Waals surface area contributed by atoms with Crippen molar-refractivity contribution in [3.63, 3.8) is 0 Å². The third-order valence-corrected chi connectivity index (χ3v) is 6.58. The third-order valence-electron chi connectivity index (χ3n) is 6.58. The van der Waals surface area contributed by atoms with Gasteiger partial charge in [-0.3, -0.25) is 4.79 Å². The zero-order chi connectivity index (χ0) is 22.5. The molecule has 2 aromatic heterocycles. The SMILES string of the molecule is O=C(c1nc2ncc(CCO)cn2n1)N1C[C@H]2CC(c3ccccc3C(F)(F)F)C[C@H]2C1. The number of rotatable bonds is 4. The van der Waals surface area contributed by atoms with Gasteiger partial charge in [-0.05, 0) is 54.2 Å². The number of benzene rings is 1. The summed E-state index contributed by atoms with van der Waals surface area (Å²) in [6, 6.07) is 5.81. The summed E-state index contributed by atoms with van der Waals surface area (Å²) in [6.45, 7) is 0.971. The van der Waals surface area contributed by atoms with Gasteiger partial charge < -0.3 is 10.0 Å². The Balaban J connectivity index is 1.29. The Kier molecular flexibility index (Phi) is 5.11. The normalized spacial score (nSPS) is 23.1. The first-order valence-electron chi connectivity index (χ1n) is 10.6. The Morgan fingerprint density at radius 3 is 2.56 bits per heavy atom. The van der Waals surface area contributed by atoms with Crippen LogP contribution in [-0.2, 0) is 12.6 Å². The standard InChI is InChI=1S/C22H22F3N5O2/c23-22(24,25)18-4-2-1-3-17(18)14-7-15-11-29(12-16(15)8-14)20(32)19-27-21-26-9-13(5-6-31)10-30(21)28-19/h1-4,9-10,14-16,31H,5-8,11-12H2/t14?,15-,16+. The van der Waals surface area contributed by atoms with E-state index in [0.717, 1.165) is 11.6 Å². The van der Waals surface area contributed by atoms with Gasteiger partial charge >= 0.3 is 6.18 Å². The van der Waals surface area contributed by atoms with Crippen LogP contribution in [0, 0.1) is 11.8 Å². The van der Waals surface area contributed by atoms with Crippen molar-refractivity contribution >= 4 is 11.7 Å². The largest absolute Gasteiger partial charge is 0.416 e. The van der Waals surface area contributed by atoms with Crippen molar-refractivity contribution < 1.29 is 23.1 Å². The number of carbonyl (C=O) groups is 1. The van der Waals surface area contributed by atoms with E-state index in [0.29, 0.717) is 43.7 Å². The molecule has 7 nitrogen and oxygen atoms in total. The molecule has 1 N–H and O–H groups in total. The first kappa shape index (κ1) is 20.9. The van der Waals surface area contributed by atoms with E-state index in [1.54, 1.807) is 29.4 Å². The van der Waals surface area contributed by atoms with E-state index < -0.39 is 11.7 Å². The van der Waals surface area contributed by atoms with Crippen molar-refractivity contribution in [3.05, 3.63) is 59.2 Å². The topological polar surface area (TPSA) is 83.6 Å². The number of halogens is 3. The molecule has 10 heteroatoms. The molecule has 5 rings (SSSR count).